The molecule has 3 aromatic heterocycles. The monoisotopic (exact) mass is 547 g/mol. The van der Waals surface area contributed by atoms with Gasteiger partial charge in [0.05, 0.1) is 28.4 Å². The Hall–Kier alpha value is -4.71. The highest BCUT2D eigenvalue weighted by Crippen LogP contribution is 2.35. The van der Waals surface area contributed by atoms with Gasteiger partial charge in [0, 0.05) is 35.1 Å². The number of nitrogens with one attached hydrogen (secondary N) is 2. The van der Waals surface area contributed by atoms with Crippen molar-refractivity contribution in [3.05, 3.63) is 70.4 Å². The van der Waals surface area contributed by atoms with Crippen molar-refractivity contribution in [3.63, 3.8) is 0 Å². The highest BCUT2D eigenvalue weighted by molar-refractivity contribution is 5.99. The summed E-state index contributed by atoms with van der Waals surface area (Å²) in [7, 11) is 0. The van der Waals surface area contributed by atoms with Crippen LogP contribution in [0.1, 0.15) is 67.9 Å². The molecule has 9 nitrogen and oxygen atoms in total. The fourth-order valence-corrected chi connectivity index (χ4v) is 4.22. The van der Waals surface area contributed by atoms with E-state index in [9.17, 15) is 19.3 Å². The predicted molar refractivity (Wildman–Crippen MR) is 144 cm³/mol. The number of alkyl halides is 1. The summed E-state index contributed by atoms with van der Waals surface area (Å²) in [5, 5.41) is 34.5. The number of rotatable bonds is 8. The largest absolute Gasteiger partial charge is 0.383 e. The lowest BCUT2D eigenvalue weighted by Crippen LogP contribution is -2.20. The molecule has 0 fully saturated rings. The average molecular weight is 548 g/mol. The smallest absolute Gasteiger partial charge is 0.237 e. The van der Waals surface area contributed by atoms with E-state index in [1.807, 2.05) is 20.8 Å². The van der Waals surface area contributed by atoms with Crippen molar-refractivity contribution >= 4 is 22.3 Å². The molecule has 0 aliphatic heterocycles. The topological polar surface area (TPSA) is 128 Å². The van der Waals surface area contributed by atoms with Gasteiger partial charge in [-0.15, -0.1) is 5.10 Å². The molecule has 2 atom stereocenters. The van der Waals surface area contributed by atoms with Gasteiger partial charge in [-0.1, -0.05) is 32.1 Å². The first-order valence-electron chi connectivity index (χ1n) is 12.5. The van der Waals surface area contributed by atoms with E-state index in [2.05, 4.69) is 43.1 Å². The molecule has 0 aliphatic carbocycles. The van der Waals surface area contributed by atoms with Crippen LogP contribution in [-0.2, 0) is 0 Å². The third kappa shape index (κ3) is 5.66. The molecule has 40 heavy (non-hydrogen) atoms. The van der Waals surface area contributed by atoms with Gasteiger partial charge in [-0.05, 0) is 37.5 Å². The van der Waals surface area contributed by atoms with Gasteiger partial charge in [-0.2, -0.15) is 19.3 Å². The molecular weight excluding hydrogens is 519 g/mol. The molecule has 0 amide bonds. The molecule has 0 saturated heterocycles. The van der Waals surface area contributed by atoms with Gasteiger partial charge in [-0.25, -0.2) is 14.1 Å². The highest BCUT2D eigenvalue weighted by atomic mass is 19.1. The summed E-state index contributed by atoms with van der Waals surface area (Å²) in [6.45, 7) is 8.82. The van der Waals surface area contributed by atoms with E-state index in [0.717, 1.165) is 10.7 Å². The summed E-state index contributed by atoms with van der Waals surface area (Å²) in [5.74, 6) is -1.58. The summed E-state index contributed by atoms with van der Waals surface area (Å²) in [6.07, 6.45) is 1.41. The van der Waals surface area contributed by atoms with E-state index in [0.29, 0.717) is 39.9 Å². The number of pyridine rings is 2. The average Bonchev–Trinajstić information content (AvgIpc) is 3.29. The first-order chi connectivity index (χ1) is 19.0. The zero-order valence-electron chi connectivity index (χ0n) is 22.7. The number of benzene rings is 1. The SMILES string of the molecule is Cc1nc(F)ccc1C(Nc1cc(C#N)c2ncc(C#N)c(NCC(C)(C)C)c2c1)c1nnn(C(C)CF)c1F. The Kier molecular flexibility index (Phi) is 7.91. The maximum atomic E-state index is 15.5. The number of aromatic nitrogens is 5. The lowest BCUT2D eigenvalue weighted by molar-refractivity contribution is 0.314. The maximum absolute atomic E-state index is 15.5. The number of aryl methyl sites for hydroxylation is 1. The molecule has 3 heterocycles. The minimum atomic E-state index is -1.03. The van der Waals surface area contributed by atoms with Gasteiger partial charge in [0.15, 0.2) is 0 Å². The number of halogens is 3. The second-order valence-electron chi connectivity index (χ2n) is 10.7. The maximum Gasteiger partial charge on any atom is 0.237 e. The van der Waals surface area contributed by atoms with Crippen molar-refractivity contribution in [2.45, 2.75) is 46.7 Å². The summed E-state index contributed by atoms with van der Waals surface area (Å²) in [6, 6.07) is 8.17. The molecular formula is C28H28F3N9. The second-order valence-corrected chi connectivity index (χ2v) is 10.7. The van der Waals surface area contributed by atoms with Crippen molar-refractivity contribution in [2.75, 3.05) is 23.9 Å². The fourth-order valence-electron chi connectivity index (χ4n) is 4.22. The molecule has 0 aliphatic rings. The third-order valence-corrected chi connectivity index (χ3v) is 6.30. The molecule has 206 valence electrons. The summed E-state index contributed by atoms with van der Waals surface area (Å²) >= 11 is 0. The standard InChI is InChI=1S/C28H28F3N9/c1-15(10-29)40-27(31)26(38-39-40)25(20-6-7-22(30)36-16(20)2)37-19-8-17(11-32)23-21(9-19)24(18(12-33)13-34-23)35-14-28(3,4)5/h6-9,13,15,25,37H,10,14H2,1-5H3,(H,34,35). The van der Waals surface area contributed by atoms with Crippen LogP contribution in [0.5, 0.6) is 0 Å². The molecule has 0 bridgehead atoms. The van der Waals surface area contributed by atoms with Gasteiger partial charge in [0.25, 0.3) is 0 Å². The second kappa shape index (κ2) is 11.2. The van der Waals surface area contributed by atoms with Crippen LogP contribution in [-0.4, -0.2) is 38.2 Å². The van der Waals surface area contributed by atoms with Crippen LogP contribution < -0.4 is 10.6 Å². The Bertz CT molecular complexity index is 1640. The van der Waals surface area contributed by atoms with Crippen molar-refractivity contribution in [1.29, 1.82) is 10.5 Å². The van der Waals surface area contributed by atoms with E-state index >= 15 is 4.39 Å². The van der Waals surface area contributed by atoms with Crippen molar-refractivity contribution in [2.24, 2.45) is 5.41 Å². The van der Waals surface area contributed by atoms with Crippen LogP contribution in [0, 0.1) is 46.9 Å². The van der Waals surface area contributed by atoms with Crippen LogP contribution >= 0.6 is 0 Å². The van der Waals surface area contributed by atoms with E-state index in [1.54, 1.807) is 19.1 Å². The fraction of sp³-hybridized carbons (Fsp3) is 0.357. The minimum absolute atomic E-state index is 0.117. The number of anilines is 2. The molecule has 4 aromatic rings. The van der Waals surface area contributed by atoms with Gasteiger partial charge in [0.1, 0.15) is 30.5 Å². The van der Waals surface area contributed by atoms with Crippen LogP contribution in [0.25, 0.3) is 10.9 Å². The molecule has 0 radical (unpaired) electrons. The number of nitrogens with zero attached hydrogens (tertiary/aromatic N) is 7. The summed E-state index contributed by atoms with van der Waals surface area (Å²) in [4.78, 5) is 8.21. The normalized spacial score (nSPS) is 12.9. The Labute approximate surface area is 229 Å². The summed E-state index contributed by atoms with van der Waals surface area (Å²) < 4.78 is 43.5. The Morgan fingerprint density at radius 3 is 2.45 bits per heavy atom. The van der Waals surface area contributed by atoms with Crippen molar-refractivity contribution in [3.8, 4) is 12.1 Å². The lowest BCUT2D eigenvalue weighted by atomic mass is 9.96. The van der Waals surface area contributed by atoms with E-state index in [4.69, 9.17) is 0 Å². The van der Waals surface area contributed by atoms with E-state index in [-0.39, 0.29) is 22.4 Å². The molecule has 0 saturated carbocycles. The number of fused-ring (bicyclic) bond motifs is 1. The number of nitriles is 2. The number of hydrogen-bond donors (Lipinski definition) is 2. The van der Waals surface area contributed by atoms with Crippen LogP contribution in [0.4, 0.5) is 24.5 Å². The van der Waals surface area contributed by atoms with Crippen LogP contribution in [0.3, 0.4) is 0 Å². The van der Waals surface area contributed by atoms with Gasteiger partial charge < -0.3 is 10.6 Å². The van der Waals surface area contributed by atoms with E-state index in [1.165, 1.54) is 19.2 Å². The van der Waals surface area contributed by atoms with Crippen LogP contribution in [0.15, 0.2) is 30.5 Å². The lowest BCUT2D eigenvalue weighted by Gasteiger charge is -2.23. The van der Waals surface area contributed by atoms with Crippen molar-refractivity contribution < 1.29 is 13.2 Å². The molecule has 2 N–H and O–H groups in total. The third-order valence-electron chi connectivity index (χ3n) is 6.30. The Balaban J connectivity index is 1.90. The molecule has 0 spiro atoms. The van der Waals surface area contributed by atoms with Gasteiger partial charge >= 0.3 is 0 Å². The minimum Gasteiger partial charge on any atom is -0.383 e. The Morgan fingerprint density at radius 1 is 1.10 bits per heavy atom. The molecule has 12 heteroatoms. The van der Waals surface area contributed by atoms with Gasteiger partial charge in [0.2, 0.25) is 11.9 Å². The highest BCUT2D eigenvalue weighted by Gasteiger charge is 2.28. The zero-order chi connectivity index (χ0) is 29.2. The number of hydrogen-bond acceptors (Lipinski definition) is 8. The molecule has 2 unspecified atom stereocenters. The van der Waals surface area contributed by atoms with Crippen LogP contribution in [0.2, 0.25) is 0 Å². The molecule has 1 aromatic carbocycles. The first-order valence-corrected chi connectivity index (χ1v) is 12.5. The van der Waals surface area contributed by atoms with Crippen molar-refractivity contribution in [1.82, 2.24) is 25.0 Å². The van der Waals surface area contributed by atoms with E-state index < -0.39 is 30.7 Å². The summed E-state index contributed by atoms with van der Waals surface area (Å²) in [5.41, 5.74) is 2.16. The molecule has 4 rings (SSSR count). The first kappa shape index (κ1) is 28.3. The Morgan fingerprint density at radius 2 is 1.82 bits per heavy atom. The predicted octanol–water partition coefficient (Wildman–Crippen LogP) is 5.74. The zero-order valence-corrected chi connectivity index (χ0v) is 22.7. The quantitative estimate of drug-likeness (QED) is 0.267. The van der Waals surface area contributed by atoms with Gasteiger partial charge in [-0.3, -0.25) is 4.98 Å².